The second-order valence-corrected chi connectivity index (χ2v) is 8.57. The van der Waals surface area contributed by atoms with Crippen molar-refractivity contribution in [3.63, 3.8) is 0 Å². The van der Waals surface area contributed by atoms with Crippen molar-refractivity contribution in [1.29, 1.82) is 0 Å². The lowest BCUT2D eigenvalue weighted by atomic mass is 9.56. The minimum absolute atomic E-state index is 0.0894. The molecule has 0 N–H and O–H groups in total. The Morgan fingerprint density at radius 1 is 1.09 bits per heavy atom. The maximum absolute atomic E-state index is 4.40. The van der Waals surface area contributed by atoms with Gasteiger partial charge < -0.3 is 0 Å². The SMILES string of the molecule is C=C1C=CC2=C3C(C)=[N+](C=CC(C)(C)C13)C(C)(CC)C2(C)CC. The minimum atomic E-state index is 0.0894. The molecule has 0 aromatic heterocycles. The van der Waals surface area contributed by atoms with Gasteiger partial charge >= 0.3 is 0 Å². The van der Waals surface area contributed by atoms with Gasteiger partial charge in [0.2, 0.25) is 0 Å². The van der Waals surface area contributed by atoms with Gasteiger partial charge in [-0.2, -0.15) is 4.58 Å². The highest BCUT2D eigenvalue weighted by Gasteiger charge is 2.59. The number of rotatable bonds is 2. The van der Waals surface area contributed by atoms with Gasteiger partial charge in [-0.15, -0.1) is 0 Å². The third kappa shape index (κ3) is 1.83. The lowest BCUT2D eigenvalue weighted by Gasteiger charge is -2.49. The fraction of sp³-hybridized carbons (Fsp3) is 0.591. The molecule has 0 aromatic rings. The molecule has 1 aliphatic carbocycles. The van der Waals surface area contributed by atoms with Crippen molar-refractivity contribution in [2.24, 2.45) is 16.7 Å². The van der Waals surface area contributed by atoms with E-state index in [9.17, 15) is 0 Å². The molecule has 2 bridgehead atoms. The molecule has 1 heteroatoms. The maximum Gasteiger partial charge on any atom is 0.182 e. The third-order valence-corrected chi connectivity index (χ3v) is 7.27. The Balaban J connectivity index is 2.44. The van der Waals surface area contributed by atoms with Gasteiger partial charge in [-0.1, -0.05) is 46.4 Å². The average Bonchev–Trinajstić information content (AvgIpc) is 2.60. The molecule has 3 rings (SSSR count). The van der Waals surface area contributed by atoms with Crippen LogP contribution in [0, 0.1) is 16.7 Å². The Bertz CT molecular complexity index is 697. The van der Waals surface area contributed by atoms with Crippen molar-refractivity contribution >= 4 is 5.71 Å². The van der Waals surface area contributed by atoms with E-state index in [1.165, 1.54) is 16.9 Å². The molecule has 1 nitrogen and oxygen atoms in total. The van der Waals surface area contributed by atoms with E-state index in [2.05, 4.69) is 84.0 Å². The number of allylic oxidation sites excluding steroid dienone is 5. The molecule has 0 aromatic carbocycles. The summed E-state index contributed by atoms with van der Waals surface area (Å²) in [6, 6.07) is 0. The lowest BCUT2D eigenvalue weighted by molar-refractivity contribution is -0.567. The van der Waals surface area contributed by atoms with Crippen LogP contribution in [0.2, 0.25) is 0 Å². The predicted molar refractivity (Wildman–Crippen MR) is 99.8 cm³/mol. The van der Waals surface area contributed by atoms with E-state index in [4.69, 9.17) is 0 Å². The molecule has 0 amide bonds. The standard InChI is InChI=1S/C22H32N/c1-9-21(7)17-12-11-15(3)19-18(17)16(4)23(22(21,8)10-2)14-13-20(19,5)6/h11-14,19H,3,9-10H2,1-2,4-8H3/q+1. The van der Waals surface area contributed by atoms with Gasteiger partial charge in [0.1, 0.15) is 0 Å². The molecular weight excluding hydrogens is 278 g/mol. The Labute approximate surface area is 142 Å². The molecule has 0 radical (unpaired) electrons. The fourth-order valence-corrected chi connectivity index (χ4v) is 5.28. The second kappa shape index (κ2) is 4.82. The topological polar surface area (TPSA) is 3.01 Å². The van der Waals surface area contributed by atoms with Crippen LogP contribution >= 0.6 is 0 Å². The van der Waals surface area contributed by atoms with Crippen LogP contribution in [0.1, 0.15) is 61.3 Å². The van der Waals surface area contributed by atoms with E-state index in [1.54, 1.807) is 5.57 Å². The van der Waals surface area contributed by atoms with Crippen LogP contribution in [-0.2, 0) is 0 Å². The largest absolute Gasteiger partial charge is 0.197 e. The van der Waals surface area contributed by atoms with Crippen molar-refractivity contribution in [1.82, 2.24) is 0 Å². The Kier molecular flexibility index (Phi) is 3.45. The van der Waals surface area contributed by atoms with E-state index in [1.807, 2.05) is 0 Å². The van der Waals surface area contributed by atoms with Crippen LogP contribution in [0.5, 0.6) is 0 Å². The molecule has 3 aliphatic rings. The van der Waals surface area contributed by atoms with Gasteiger partial charge in [0.05, 0.1) is 5.41 Å². The van der Waals surface area contributed by atoms with Crippen LogP contribution in [0.15, 0.2) is 47.7 Å². The molecule has 3 atom stereocenters. The third-order valence-electron chi connectivity index (χ3n) is 7.27. The molecule has 0 spiro atoms. The van der Waals surface area contributed by atoms with Crippen LogP contribution in [0.25, 0.3) is 0 Å². The zero-order valence-electron chi connectivity index (χ0n) is 16.0. The first kappa shape index (κ1) is 16.5. The minimum Gasteiger partial charge on any atom is -0.197 e. The zero-order valence-corrected chi connectivity index (χ0v) is 16.0. The zero-order chi connectivity index (χ0) is 17.2. The summed E-state index contributed by atoms with van der Waals surface area (Å²) in [5.74, 6) is 0.385. The number of hydrogen-bond acceptors (Lipinski definition) is 0. The van der Waals surface area contributed by atoms with E-state index < -0.39 is 0 Å². The summed E-state index contributed by atoms with van der Waals surface area (Å²) in [4.78, 5) is 0. The molecular formula is C22H32N+. The number of nitrogens with zero attached hydrogens (tertiary/aromatic N) is 1. The average molecular weight is 311 g/mol. The predicted octanol–water partition coefficient (Wildman–Crippen LogP) is 5.65. The monoisotopic (exact) mass is 310 g/mol. The summed E-state index contributed by atoms with van der Waals surface area (Å²) >= 11 is 0. The van der Waals surface area contributed by atoms with Gasteiger partial charge in [-0.05, 0) is 36.0 Å². The maximum atomic E-state index is 4.40. The molecule has 0 saturated heterocycles. The van der Waals surface area contributed by atoms with E-state index in [0.29, 0.717) is 5.92 Å². The summed E-state index contributed by atoms with van der Waals surface area (Å²) < 4.78 is 2.57. The van der Waals surface area contributed by atoms with Gasteiger partial charge in [0.25, 0.3) is 0 Å². The highest BCUT2D eigenvalue weighted by atomic mass is 15.1. The Morgan fingerprint density at radius 3 is 2.30 bits per heavy atom. The number of hydrogen-bond donors (Lipinski definition) is 0. The van der Waals surface area contributed by atoms with Crippen molar-refractivity contribution in [3.05, 3.63) is 47.7 Å². The fourth-order valence-electron chi connectivity index (χ4n) is 5.28. The summed E-state index contributed by atoms with van der Waals surface area (Å²) in [7, 11) is 0. The Hall–Kier alpha value is -1.37. The quantitative estimate of drug-likeness (QED) is 0.580. The van der Waals surface area contributed by atoms with Gasteiger partial charge in [0, 0.05) is 31.8 Å². The molecule has 0 fully saturated rings. The highest BCUT2D eigenvalue weighted by molar-refractivity contribution is 5.99. The first-order valence-electron chi connectivity index (χ1n) is 9.08. The molecule has 2 heterocycles. The van der Waals surface area contributed by atoms with Crippen molar-refractivity contribution < 1.29 is 4.58 Å². The molecule has 2 aliphatic heterocycles. The van der Waals surface area contributed by atoms with Gasteiger partial charge in [-0.25, -0.2) is 0 Å². The molecule has 23 heavy (non-hydrogen) atoms. The summed E-state index contributed by atoms with van der Waals surface area (Å²) in [5, 5.41) is 0. The first-order valence-corrected chi connectivity index (χ1v) is 9.08. The van der Waals surface area contributed by atoms with Crippen molar-refractivity contribution in [2.75, 3.05) is 0 Å². The van der Waals surface area contributed by atoms with Crippen LogP contribution in [0.4, 0.5) is 0 Å². The van der Waals surface area contributed by atoms with E-state index in [-0.39, 0.29) is 16.4 Å². The summed E-state index contributed by atoms with van der Waals surface area (Å²) in [6.45, 7) is 21.0. The van der Waals surface area contributed by atoms with Crippen LogP contribution in [-0.4, -0.2) is 15.8 Å². The lowest BCUT2D eigenvalue weighted by Crippen LogP contribution is -2.56. The second-order valence-electron chi connectivity index (χ2n) is 8.57. The molecule has 3 unspecified atom stereocenters. The molecule has 0 saturated carbocycles. The summed E-state index contributed by atoms with van der Waals surface area (Å²) in [6.07, 6.45) is 11.7. The van der Waals surface area contributed by atoms with Crippen molar-refractivity contribution in [3.8, 4) is 0 Å². The van der Waals surface area contributed by atoms with Gasteiger partial charge in [-0.3, -0.25) is 0 Å². The first-order chi connectivity index (χ1) is 10.6. The smallest absolute Gasteiger partial charge is 0.182 e. The Morgan fingerprint density at radius 2 is 1.74 bits per heavy atom. The van der Waals surface area contributed by atoms with Crippen molar-refractivity contribution in [2.45, 2.75) is 66.8 Å². The van der Waals surface area contributed by atoms with E-state index in [0.717, 1.165) is 12.8 Å². The summed E-state index contributed by atoms with van der Waals surface area (Å²) in [5.41, 5.74) is 6.10. The normalized spacial score (nSPS) is 38.2. The molecule has 124 valence electrons. The highest BCUT2D eigenvalue weighted by Crippen LogP contribution is 2.56. The van der Waals surface area contributed by atoms with Crippen LogP contribution in [0.3, 0.4) is 0 Å². The van der Waals surface area contributed by atoms with Gasteiger partial charge in [0.15, 0.2) is 17.5 Å². The van der Waals surface area contributed by atoms with Crippen LogP contribution < -0.4 is 0 Å². The van der Waals surface area contributed by atoms with E-state index >= 15 is 0 Å².